The summed E-state index contributed by atoms with van der Waals surface area (Å²) in [6.45, 7) is 1.62. The van der Waals surface area contributed by atoms with E-state index in [1.54, 1.807) is 37.5 Å². The minimum atomic E-state index is -0.767. The summed E-state index contributed by atoms with van der Waals surface area (Å²) in [6.07, 6.45) is 3.14. The molecule has 0 radical (unpaired) electrons. The summed E-state index contributed by atoms with van der Waals surface area (Å²) >= 11 is 0. The molecule has 1 aliphatic heterocycles. The maximum Gasteiger partial charge on any atom is 0.343 e. The van der Waals surface area contributed by atoms with E-state index in [0.29, 0.717) is 11.3 Å². The Morgan fingerprint density at radius 1 is 1.43 bits per heavy atom. The molecule has 0 aliphatic carbocycles. The number of methoxy groups -OCH3 is 1. The summed E-state index contributed by atoms with van der Waals surface area (Å²) in [5.41, 5.74) is 6.15. The van der Waals surface area contributed by atoms with Crippen molar-refractivity contribution in [2.45, 2.75) is 12.8 Å². The van der Waals surface area contributed by atoms with Gasteiger partial charge in [0.2, 0.25) is 5.88 Å². The molecular formula is C16H14N2O5. The van der Waals surface area contributed by atoms with Crippen molar-refractivity contribution < 1.29 is 18.7 Å². The second-order valence-corrected chi connectivity index (χ2v) is 5.01. The van der Waals surface area contributed by atoms with Crippen molar-refractivity contribution in [2.75, 3.05) is 7.11 Å². The van der Waals surface area contributed by atoms with E-state index in [2.05, 4.69) is 4.98 Å². The quantitative estimate of drug-likeness (QED) is 0.831. The first-order valence-electron chi connectivity index (χ1n) is 6.83. The summed E-state index contributed by atoms with van der Waals surface area (Å²) in [7, 11) is 1.23. The molecule has 0 unspecified atom stereocenters. The molecule has 0 bridgehead atoms. The number of aryl methyl sites for hydroxylation is 1. The highest BCUT2D eigenvalue weighted by molar-refractivity contribution is 5.92. The molecular weight excluding hydrogens is 300 g/mol. The van der Waals surface area contributed by atoms with Gasteiger partial charge in [-0.3, -0.25) is 4.98 Å². The molecule has 1 atom stereocenters. The SMILES string of the molecule is COC(=O)C1=C(N)Oc2cc(C)oc(=O)c2[C@H]1c1cccnc1. The van der Waals surface area contributed by atoms with Gasteiger partial charge in [-0.1, -0.05) is 6.07 Å². The van der Waals surface area contributed by atoms with Gasteiger partial charge >= 0.3 is 11.6 Å². The predicted octanol–water partition coefficient (Wildman–Crippen LogP) is 1.21. The molecule has 1 aliphatic rings. The maximum absolute atomic E-state index is 12.3. The Balaban J connectivity index is 2.31. The Kier molecular flexibility index (Phi) is 3.61. The molecule has 0 saturated carbocycles. The van der Waals surface area contributed by atoms with Crippen LogP contribution in [0.2, 0.25) is 0 Å². The van der Waals surface area contributed by atoms with Crippen LogP contribution in [0.4, 0.5) is 0 Å². The highest BCUT2D eigenvalue weighted by Gasteiger charge is 2.38. The predicted molar refractivity (Wildman–Crippen MR) is 79.7 cm³/mol. The fraction of sp³-hybridized carbons (Fsp3) is 0.188. The lowest BCUT2D eigenvalue weighted by molar-refractivity contribution is -0.136. The molecule has 2 N–H and O–H groups in total. The minimum absolute atomic E-state index is 0.0455. The van der Waals surface area contributed by atoms with Gasteiger partial charge in [0.25, 0.3) is 0 Å². The first-order valence-corrected chi connectivity index (χ1v) is 6.83. The number of ether oxygens (including phenoxy) is 2. The summed E-state index contributed by atoms with van der Waals surface area (Å²) in [5, 5.41) is 0. The second kappa shape index (κ2) is 5.60. The number of nitrogens with zero attached hydrogens (tertiary/aromatic N) is 1. The van der Waals surface area contributed by atoms with Gasteiger partial charge < -0.3 is 19.6 Å². The molecule has 0 spiro atoms. The van der Waals surface area contributed by atoms with Gasteiger partial charge in [-0.15, -0.1) is 0 Å². The Morgan fingerprint density at radius 3 is 2.87 bits per heavy atom. The molecule has 0 aromatic carbocycles. The molecule has 2 aromatic rings. The number of esters is 1. The van der Waals surface area contributed by atoms with Crippen molar-refractivity contribution >= 4 is 5.97 Å². The van der Waals surface area contributed by atoms with Crippen LogP contribution in [0.25, 0.3) is 0 Å². The Hall–Kier alpha value is -3.09. The summed E-state index contributed by atoms with van der Waals surface area (Å²) in [4.78, 5) is 28.5. The van der Waals surface area contributed by atoms with Gasteiger partial charge in [-0.05, 0) is 18.6 Å². The van der Waals surface area contributed by atoms with Crippen molar-refractivity contribution in [3.8, 4) is 5.75 Å². The number of hydrogen-bond acceptors (Lipinski definition) is 7. The van der Waals surface area contributed by atoms with Crippen LogP contribution in [0, 0.1) is 6.92 Å². The van der Waals surface area contributed by atoms with Crippen LogP contribution in [0.5, 0.6) is 5.75 Å². The van der Waals surface area contributed by atoms with Crippen LogP contribution >= 0.6 is 0 Å². The molecule has 118 valence electrons. The molecule has 0 saturated heterocycles. The molecule has 3 heterocycles. The van der Waals surface area contributed by atoms with Crippen LogP contribution in [0.3, 0.4) is 0 Å². The number of rotatable bonds is 2. The van der Waals surface area contributed by atoms with E-state index in [9.17, 15) is 9.59 Å². The zero-order chi connectivity index (χ0) is 16.6. The van der Waals surface area contributed by atoms with Gasteiger partial charge in [0, 0.05) is 18.5 Å². The van der Waals surface area contributed by atoms with Crippen LogP contribution in [-0.2, 0) is 9.53 Å². The standard InChI is InChI=1S/C16H14N2O5/c1-8-6-10-12(16(20)22-8)11(9-4-3-5-18-7-9)13(14(17)23-10)15(19)21-2/h3-7,11H,17H2,1-2H3/t11-/m1/s1. The zero-order valence-electron chi connectivity index (χ0n) is 12.5. The Bertz CT molecular complexity index is 855. The van der Waals surface area contributed by atoms with E-state index in [4.69, 9.17) is 19.6 Å². The van der Waals surface area contributed by atoms with E-state index in [-0.39, 0.29) is 22.8 Å². The van der Waals surface area contributed by atoms with E-state index in [1.165, 1.54) is 7.11 Å². The lowest BCUT2D eigenvalue weighted by Gasteiger charge is -2.26. The smallest absolute Gasteiger partial charge is 0.343 e. The fourth-order valence-corrected chi connectivity index (χ4v) is 2.61. The lowest BCUT2D eigenvalue weighted by Crippen LogP contribution is -2.30. The molecule has 2 aromatic heterocycles. The summed E-state index contributed by atoms with van der Waals surface area (Å²) in [6, 6.07) is 4.99. The lowest BCUT2D eigenvalue weighted by atomic mass is 9.84. The van der Waals surface area contributed by atoms with Gasteiger partial charge in [-0.25, -0.2) is 9.59 Å². The summed E-state index contributed by atoms with van der Waals surface area (Å²) < 4.78 is 15.4. The molecule has 7 nitrogen and oxygen atoms in total. The highest BCUT2D eigenvalue weighted by atomic mass is 16.5. The monoisotopic (exact) mass is 314 g/mol. The maximum atomic E-state index is 12.3. The van der Waals surface area contributed by atoms with Crippen LogP contribution in [-0.4, -0.2) is 18.1 Å². The third-order valence-corrected chi connectivity index (χ3v) is 3.56. The third-order valence-electron chi connectivity index (χ3n) is 3.56. The number of pyridine rings is 1. The third kappa shape index (κ3) is 2.46. The van der Waals surface area contributed by atoms with Crippen molar-refractivity contribution in [1.82, 2.24) is 4.98 Å². The van der Waals surface area contributed by atoms with Gasteiger partial charge in [0.15, 0.2) is 0 Å². The number of carbonyl (C=O) groups excluding carboxylic acids is 1. The largest absolute Gasteiger partial charge is 0.465 e. The van der Waals surface area contributed by atoms with Crippen molar-refractivity contribution in [2.24, 2.45) is 5.73 Å². The van der Waals surface area contributed by atoms with Crippen LogP contribution < -0.4 is 16.1 Å². The minimum Gasteiger partial charge on any atom is -0.465 e. The van der Waals surface area contributed by atoms with Crippen molar-refractivity contribution in [1.29, 1.82) is 0 Å². The average Bonchev–Trinajstić information content (AvgIpc) is 2.53. The van der Waals surface area contributed by atoms with Crippen LogP contribution in [0.1, 0.15) is 22.8 Å². The normalized spacial score (nSPS) is 16.5. The average molecular weight is 314 g/mol. The molecule has 0 amide bonds. The first kappa shape index (κ1) is 14.8. The van der Waals surface area contributed by atoms with Crippen LogP contribution in [0.15, 0.2) is 51.3 Å². The van der Waals surface area contributed by atoms with E-state index in [1.807, 2.05) is 0 Å². The van der Waals surface area contributed by atoms with Gasteiger partial charge in [-0.2, -0.15) is 0 Å². The fourth-order valence-electron chi connectivity index (χ4n) is 2.61. The highest BCUT2D eigenvalue weighted by Crippen LogP contribution is 2.40. The number of aromatic nitrogens is 1. The van der Waals surface area contributed by atoms with Crippen molar-refractivity contribution in [3.63, 3.8) is 0 Å². The van der Waals surface area contributed by atoms with Crippen molar-refractivity contribution in [3.05, 3.63) is 69.4 Å². The number of fused-ring (bicyclic) bond motifs is 1. The topological polar surface area (TPSA) is 105 Å². The number of hydrogen-bond donors (Lipinski definition) is 1. The zero-order valence-corrected chi connectivity index (χ0v) is 12.5. The Morgan fingerprint density at radius 2 is 2.22 bits per heavy atom. The summed E-state index contributed by atoms with van der Waals surface area (Å²) in [5.74, 6) is -0.910. The second-order valence-electron chi connectivity index (χ2n) is 5.01. The molecule has 23 heavy (non-hydrogen) atoms. The van der Waals surface area contributed by atoms with Gasteiger partial charge in [0.1, 0.15) is 17.1 Å². The molecule has 3 rings (SSSR count). The van der Waals surface area contributed by atoms with E-state index in [0.717, 1.165) is 0 Å². The number of carbonyl (C=O) groups is 1. The van der Waals surface area contributed by atoms with E-state index >= 15 is 0 Å². The molecule has 7 heteroatoms. The number of nitrogens with two attached hydrogens (primary N) is 1. The van der Waals surface area contributed by atoms with Gasteiger partial charge in [0.05, 0.1) is 18.6 Å². The molecule has 0 fully saturated rings. The first-order chi connectivity index (χ1) is 11.0. The Labute approximate surface area is 131 Å². The van der Waals surface area contributed by atoms with E-state index < -0.39 is 17.5 Å².